The normalized spacial score (nSPS) is 12.7. The summed E-state index contributed by atoms with van der Waals surface area (Å²) in [6, 6.07) is 0. The maximum Gasteiger partial charge on any atom is 0.303 e. The van der Waals surface area contributed by atoms with Crippen molar-refractivity contribution in [2.45, 2.75) is 52.1 Å². The molecule has 0 saturated carbocycles. The van der Waals surface area contributed by atoms with E-state index in [1.807, 2.05) is 6.08 Å². The molecule has 0 saturated heterocycles. The third-order valence-electron chi connectivity index (χ3n) is 2.04. The third kappa shape index (κ3) is 9.26. The van der Waals surface area contributed by atoms with Gasteiger partial charge in [0.1, 0.15) is 6.10 Å². The Morgan fingerprint density at radius 2 is 2.20 bits per heavy atom. The van der Waals surface area contributed by atoms with Gasteiger partial charge in [-0.05, 0) is 18.9 Å². The number of unbranched alkanes of at least 4 members (excludes halogenated alkanes) is 3. The van der Waals surface area contributed by atoms with Gasteiger partial charge in [-0.15, -0.1) is 6.58 Å². The summed E-state index contributed by atoms with van der Waals surface area (Å²) in [6.45, 7) is 7.26. The summed E-state index contributed by atoms with van der Waals surface area (Å²) < 4.78 is 5.10. The minimum Gasteiger partial charge on any atom is -0.458 e. The fourth-order valence-electron chi connectivity index (χ4n) is 1.30. The zero-order valence-electron chi connectivity index (χ0n) is 9.87. The Morgan fingerprint density at radius 1 is 1.47 bits per heavy atom. The first-order chi connectivity index (χ1) is 7.20. The number of allylic oxidation sites excluding steroid dienone is 1. The Hall–Kier alpha value is -1.05. The Balaban J connectivity index is 3.81. The number of hydrogen-bond acceptors (Lipinski definition) is 2. The molecule has 0 aliphatic heterocycles. The van der Waals surface area contributed by atoms with Crippen LogP contribution in [0, 0.1) is 0 Å². The van der Waals surface area contributed by atoms with Crippen LogP contribution < -0.4 is 0 Å². The van der Waals surface area contributed by atoms with Crippen LogP contribution in [0.4, 0.5) is 0 Å². The molecule has 0 bridgehead atoms. The summed E-state index contributed by atoms with van der Waals surface area (Å²) in [5.41, 5.74) is 0. The van der Waals surface area contributed by atoms with Crippen molar-refractivity contribution in [2.24, 2.45) is 0 Å². The molecule has 0 spiro atoms. The Bertz CT molecular complexity index is 207. The largest absolute Gasteiger partial charge is 0.458 e. The summed E-state index contributed by atoms with van der Waals surface area (Å²) >= 11 is 0. The van der Waals surface area contributed by atoms with E-state index in [4.69, 9.17) is 4.74 Å². The second kappa shape index (κ2) is 9.50. The topological polar surface area (TPSA) is 26.3 Å². The van der Waals surface area contributed by atoms with Gasteiger partial charge in [0.2, 0.25) is 0 Å². The molecule has 0 heterocycles. The molecule has 2 nitrogen and oxygen atoms in total. The molecule has 0 amide bonds. The van der Waals surface area contributed by atoms with Crippen LogP contribution in [0.25, 0.3) is 0 Å². The molecule has 1 unspecified atom stereocenters. The SMILES string of the molecule is C=CCC(/C=C/CCCCC)OC(C)=O. The van der Waals surface area contributed by atoms with Crippen molar-refractivity contribution >= 4 is 5.97 Å². The number of carbonyl (C=O) groups excluding carboxylic acids is 1. The molecular formula is C13H22O2. The number of ether oxygens (including phenoxy) is 1. The van der Waals surface area contributed by atoms with Crippen molar-refractivity contribution in [1.29, 1.82) is 0 Å². The predicted molar refractivity (Wildman–Crippen MR) is 63.7 cm³/mol. The lowest BCUT2D eigenvalue weighted by atomic mass is 10.1. The second-order valence-corrected chi connectivity index (χ2v) is 3.60. The van der Waals surface area contributed by atoms with Gasteiger partial charge in [0.25, 0.3) is 0 Å². The van der Waals surface area contributed by atoms with Crippen molar-refractivity contribution in [2.75, 3.05) is 0 Å². The van der Waals surface area contributed by atoms with Crippen LogP contribution in [0.2, 0.25) is 0 Å². The fourth-order valence-corrected chi connectivity index (χ4v) is 1.30. The van der Waals surface area contributed by atoms with Crippen molar-refractivity contribution < 1.29 is 9.53 Å². The van der Waals surface area contributed by atoms with Gasteiger partial charge in [0, 0.05) is 13.3 Å². The van der Waals surface area contributed by atoms with Crippen molar-refractivity contribution in [1.82, 2.24) is 0 Å². The van der Waals surface area contributed by atoms with Gasteiger partial charge in [-0.1, -0.05) is 31.9 Å². The van der Waals surface area contributed by atoms with E-state index in [-0.39, 0.29) is 12.1 Å². The highest BCUT2D eigenvalue weighted by Gasteiger charge is 2.04. The molecule has 0 rings (SSSR count). The summed E-state index contributed by atoms with van der Waals surface area (Å²) in [7, 11) is 0. The second-order valence-electron chi connectivity index (χ2n) is 3.60. The summed E-state index contributed by atoms with van der Waals surface area (Å²) in [5, 5.41) is 0. The molecule has 2 heteroatoms. The lowest BCUT2D eigenvalue weighted by molar-refractivity contribution is -0.143. The van der Waals surface area contributed by atoms with Crippen LogP contribution in [0.15, 0.2) is 24.8 Å². The average molecular weight is 210 g/mol. The minimum atomic E-state index is -0.236. The van der Waals surface area contributed by atoms with Crippen molar-refractivity contribution in [3.8, 4) is 0 Å². The first-order valence-corrected chi connectivity index (χ1v) is 5.65. The molecular weight excluding hydrogens is 188 g/mol. The van der Waals surface area contributed by atoms with E-state index >= 15 is 0 Å². The lowest BCUT2D eigenvalue weighted by Gasteiger charge is -2.10. The van der Waals surface area contributed by atoms with Gasteiger partial charge < -0.3 is 4.74 Å². The molecule has 0 aliphatic rings. The van der Waals surface area contributed by atoms with E-state index < -0.39 is 0 Å². The van der Waals surface area contributed by atoms with Crippen LogP contribution in [0.1, 0.15) is 46.0 Å². The molecule has 1 atom stereocenters. The zero-order valence-corrected chi connectivity index (χ0v) is 9.87. The van der Waals surface area contributed by atoms with E-state index in [1.54, 1.807) is 6.08 Å². The molecule has 0 aromatic carbocycles. The Labute approximate surface area is 93.0 Å². The molecule has 15 heavy (non-hydrogen) atoms. The molecule has 0 fully saturated rings. The van der Waals surface area contributed by atoms with E-state index in [2.05, 4.69) is 19.6 Å². The van der Waals surface area contributed by atoms with Crippen LogP contribution in [0.5, 0.6) is 0 Å². The highest BCUT2D eigenvalue weighted by atomic mass is 16.5. The summed E-state index contributed by atoms with van der Waals surface area (Å²) in [4.78, 5) is 10.8. The minimum absolute atomic E-state index is 0.137. The van der Waals surface area contributed by atoms with Gasteiger partial charge in [-0.25, -0.2) is 0 Å². The number of carbonyl (C=O) groups is 1. The molecule has 86 valence electrons. The number of esters is 1. The van der Waals surface area contributed by atoms with E-state index in [1.165, 1.54) is 26.2 Å². The molecule has 0 aliphatic carbocycles. The highest BCUT2D eigenvalue weighted by molar-refractivity contribution is 5.66. The Morgan fingerprint density at radius 3 is 2.73 bits per heavy atom. The average Bonchev–Trinajstić information content (AvgIpc) is 2.17. The lowest BCUT2D eigenvalue weighted by Crippen LogP contribution is -2.12. The molecule has 0 aromatic heterocycles. The van der Waals surface area contributed by atoms with E-state index in [0.717, 1.165) is 6.42 Å². The molecule has 0 aromatic rings. The molecule has 0 N–H and O–H groups in total. The predicted octanol–water partition coefficient (Wildman–Crippen LogP) is 3.63. The smallest absolute Gasteiger partial charge is 0.303 e. The van der Waals surface area contributed by atoms with Gasteiger partial charge in [0.05, 0.1) is 0 Å². The first-order valence-electron chi connectivity index (χ1n) is 5.65. The standard InChI is InChI=1S/C13H22O2/c1-4-6-7-8-9-11-13(10-5-2)15-12(3)14/h5,9,11,13H,2,4,6-8,10H2,1,3H3/b11-9+. The van der Waals surface area contributed by atoms with Gasteiger partial charge in [-0.3, -0.25) is 4.79 Å². The van der Waals surface area contributed by atoms with E-state index in [0.29, 0.717) is 6.42 Å². The van der Waals surface area contributed by atoms with Crippen molar-refractivity contribution in [3.63, 3.8) is 0 Å². The van der Waals surface area contributed by atoms with E-state index in [9.17, 15) is 4.79 Å². The van der Waals surface area contributed by atoms with Crippen LogP contribution in [-0.2, 0) is 9.53 Å². The van der Waals surface area contributed by atoms with Gasteiger partial charge in [0.15, 0.2) is 0 Å². The van der Waals surface area contributed by atoms with Crippen LogP contribution in [-0.4, -0.2) is 12.1 Å². The number of hydrogen-bond donors (Lipinski definition) is 0. The maximum absolute atomic E-state index is 10.8. The van der Waals surface area contributed by atoms with Gasteiger partial charge in [-0.2, -0.15) is 0 Å². The quantitative estimate of drug-likeness (QED) is 0.347. The summed E-state index contributed by atoms with van der Waals surface area (Å²) in [5.74, 6) is -0.236. The van der Waals surface area contributed by atoms with Crippen LogP contribution >= 0.6 is 0 Å². The highest BCUT2D eigenvalue weighted by Crippen LogP contribution is 2.05. The van der Waals surface area contributed by atoms with Gasteiger partial charge >= 0.3 is 5.97 Å². The molecule has 0 radical (unpaired) electrons. The van der Waals surface area contributed by atoms with Crippen LogP contribution in [0.3, 0.4) is 0 Å². The zero-order chi connectivity index (χ0) is 11.5. The fraction of sp³-hybridized carbons (Fsp3) is 0.615. The Kier molecular flexibility index (Phi) is 8.84. The maximum atomic E-state index is 10.8. The van der Waals surface area contributed by atoms with Crippen molar-refractivity contribution in [3.05, 3.63) is 24.8 Å². The first kappa shape index (κ1) is 13.9. The number of rotatable bonds is 8. The third-order valence-corrected chi connectivity index (χ3v) is 2.04. The summed E-state index contributed by atoms with van der Waals surface area (Å²) in [6.07, 6.45) is 11.1. The monoisotopic (exact) mass is 210 g/mol.